The van der Waals surface area contributed by atoms with Crippen LogP contribution in [0.15, 0.2) is 79.0 Å². The van der Waals surface area contributed by atoms with Gasteiger partial charge in [0.25, 0.3) is 0 Å². The van der Waals surface area contributed by atoms with Gasteiger partial charge in [-0.1, -0.05) is 66.7 Å². The number of aryl methyl sites for hydroxylation is 1. The average molecular weight is 302 g/mol. The highest BCUT2D eigenvalue weighted by atomic mass is 16.1. The predicted molar refractivity (Wildman–Crippen MR) is 92.3 cm³/mol. The number of nitrogens with zero attached hydrogens (tertiary/aromatic N) is 1. The maximum Gasteiger partial charge on any atom is 0.237 e. The van der Waals surface area contributed by atoms with E-state index in [1.54, 1.807) is 6.20 Å². The smallest absolute Gasteiger partial charge is 0.237 e. The summed E-state index contributed by atoms with van der Waals surface area (Å²) < 4.78 is 0. The molecule has 0 aliphatic rings. The monoisotopic (exact) mass is 302 g/mol. The van der Waals surface area contributed by atoms with Gasteiger partial charge in [0, 0.05) is 6.20 Å². The molecule has 0 bridgehead atoms. The molecular formula is C20H18N2O. The standard InChI is InChI=1S/C20H18N2O/c1-15-12-13-18(21-14-15)22-20(23)19(16-8-4-2-5-9-16)17-10-6-3-7-11-17/h2-14,19H,1H3,(H,21,22,23). The van der Waals surface area contributed by atoms with Gasteiger partial charge >= 0.3 is 0 Å². The molecule has 0 spiro atoms. The van der Waals surface area contributed by atoms with Gasteiger partial charge in [0.05, 0.1) is 5.92 Å². The lowest BCUT2D eigenvalue weighted by atomic mass is 9.90. The van der Waals surface area contributed by atoms with Crippen LogP contribution >= 0.6 is 0 Å². The van der Waals surface area contributed by atoms with E-state index in [4.69, 9.17) is 0 Å². The van der Waals surface area contributed by atoms with Gasteiger partial charge in [-0.05, 0) is 29.7 Å². The van der Waals surface area contributed by atoms with Crippen LogP contribution in [-0.4, -0.2) is 10.9 Å². The molecule has 0 aliphatic heterocycles. The molecule has 0 radical (unpaired) electrons. The van der Waals surface area contributed by atoms with Crippen molar-refractivity contribution in [3.63, 3.8) is 0 Å². The number of hydrogen-bond acceptors (Lipinski definition) is 2. The molecule has 1 amide bonds. The van der Waals surface area contributed by atoms with Gasteiger partial charge in [-0.3, -0.25) is 4.79 Å². The van der Waals surface area contributed by atoms with Gasteiger partial charge in [-0.15, -0.1) is 0 Å². The summed E-state index contributed by atoms with van der Waals surface area (Å²) in [6.07, 6.45) is 1.75. The van der Waals surface area contributed by atoms with Crippen LogP contribution in [0, 0.1) is 6.92 Å². The van der Waals surface area contributed by atoms with E-state index in [2.05, 4.69) is 10.3 Å². The van der Waals surface area contributed by atoms with E-state index in [1.165, 1.54) is 0 Å². The van der Waals surface area contributed by atoms with Crippen molar-refractivity contribution < 1.29 is 4.79 Å². The van der Waals surface area contributed by atoms with Crippen LogP contribution < -0.4 is 5.32 Å². The van der Waals surface area contributed by atoms with E-state index in [1.807, 2.05) is 79.7 Å². The molecule has 23 heavy (non-hydrogen) atoms. The van der Waals surface area contributed by atoms with Gasteiger partial charge in [0.2, 0.25) is 5.91 Å². The van der Waals surface area contributed by atoms with Crippen LogP contribution in [0.1, 0.15) is 22.6 Å². The number of anilines is 1. The van der Waals surface area contributed by atoms with Gasteiger partial charge in [0.1, 0.15) is 5.82 Å². The number of hydrogen-bond donors (Lipinski definition) is 1. The van der Waals surface area contributed by atoms with Gasteiger partial charge < -0.3 is 5.32 Å². The fourth-order valence-electron chi connectivity index (χ4n) is 2.53. The summed E-state index contributed by atoms with van der Waals surface area (Å²) in [6.45, 7) is 1.97. The maximum atomic E-state index is 12.8. The number of rotatable bonds is 4. The number of pyridine rings is 1. The highest BCUT2D eigenvalue weighted by Gasteiger charge is 2.22. The van der Waals surface area contributed by atoms with Crippen LogP contribution in [0.25, 0.3) is 0 Å². The van der Waals surface area contributed by atoms with E-state index < -0.39 is 0 Å². The first-order valence-corrected chi connectivity index (χ1v) is 7.57. The topological polar surface area (TPSA) is 42.0 Å². The summed E-state index contributed by atoms with van der Waals surface area (Å²) >= 11 is 0. The highest BCUT2D eigenvalue weighted by Crippen LogP contribution is 2.25. The van der Waals surface area contributed by atoms with E-state index >= 15 is 0 Å². The zero-order valence-corrected chi connectivity index (χ0v) is 12.9. The Kier molecular flexibility index (Phi) is 4.48. The molecule has 0 atom stereocenters. The zero-order chi connectivity index (χ0) is 16.1. The van der Waals surface area contributed by atoms with E-state index in [9.17, 15) is 4.79 Å². The van der Waals surface area contributed by atoms with Crippen molar-refractivity contribution in [1.29, 1.82) is 0 Å². The van der Waals surface area contributed by atoms with Gasteiger partial charge in [0.15, 0.2) is 0 Å². The summed E-state index contributed by atoms with van der Waals surface area (Å²) in [5.41, 5.74) is 2.98. The van der Waals surface area contributed by atoms with E-state index in [0.717, 1.165) is 16.7 Å². The Morgan fingerprint density at radius 1 is 0.870 bits per heavy atom. The number of benzene rings is 2. The molecule has 0 aliphatic carbocycles. The minimum Gasteiger partial charge on any atom is -0.310 e. The van der Waals surface area contributed by atoms with Crippen molar-refractivity contribution in [3.05, 3.63) is 95.7 Å². The van der Waals surface area contributed by atoms with Crippen molar-refractivity contribution in [3.8, 4) is 0 Å². The molecule has 3 heteroatoms. The average Bonchev–Trinajstić information content (AvgIpc) is 2.59. The van der Waals surface area contributed by atoms with Crippen molar-refractivity contribution >= 4 is 11.7 Å². The minimum atomic E-state index is -0.361. The Bertz CT molecular complexity index is 728. The molecule has 2 aromatic carbocycles. The minimum absolute atomic E-state index is 0.0845. The fourth-order valence-corrected chi connectivity index (χ4v) is 2.53. The van der Waals surface area contributed by atoms with Gasteiger partial charge in [-0.25, -0.2) is 4.98 Å². The molecule has 0 fully saturated rings. The molecule has 0 saturated carbocycles. The number of nitrogens with one attached hydrogen (secondary N) is 1. The summed E-state index contributed by atoms with van der Waals surface area (Å²) in [5, 5.41) is 2.92. The molecule has 1 heterocycles. The molecule has 0 saturated heterocycles. The van der Waals surface area contributed by atoms with E-state index in [0.29, 0.717) is 5.82 Å². The number of amides is 1. The van der Waals surface area contributed by atoms with Gasteiger partial charge in [-0.2, -0.15) is 0 Å². The second kappa shape index (κ2) is 6.88. The normalized spacial score (nSPS) is 10.5. The molecule has 3 nitrogen and oxygen atoms in total. The molecule has 114 valence electrons. The Labute approximate surface area is 136 Å². The fraction of sp³-hybridized carbons (Fsp3) is 0.100. The predicted octanol–water partition coefficient (Wildman–Crippen LogP) is 4.16. The molecular weight excluding hydrogens is 284 g/mol. The van der Waals surface area contributed by atoms with Crippen LogP contribution in [-0.2, 0) is 4.79 Å². The van der Waals surface area contributed by atoms with Crippen molar-refractivity contribution in [2.75, 3.05) is 5.32 Å². The van der Waals surface area contributed by atoms with Crippen LogP contribution in [0.5, 0.6) is 0 Å². The van der Waals surface area contributed by atoms with Crippen LogP contribution in [0.3, 0.4) is 0 Å². The Morgan fingerprint density at radius 3 is 1.91 bits per heavy atom. The second-order valence-corrected chi connectivity index (χ2v) is 5.46. The third kappa shape index (κ3) is 3.64. The lowest BCUT2D eigenvalue weighted by Gasteiger charge is -2.17. The second-order valence-electron chi connectivity index (χ2n) is 5.46. The first-order chi connectivity index (χ1) is 11.2. The first kappa shape index (κ1) is 15.0. The SMILES string of the molecule is Cc1ccc(NC(=O)C(c2ccccc2)c2ccccc2)nc1. The lowest BCUT2D eigenvalue weighted by molar-refractivity contribution is -0.116. The summed E-state index contributed by atoms with van der Waals surface area (Å²) in [4.78, 5) is 17.1. The Balaban J connectivity index is 1.92. The van der Waals surface area contributed by atoms with E-state index in [-0.39, 0.29) is 11.8 Å². The summed E-state index contributed by atoms with van der Waals surface area (Å²) in [6, 6.07) is 23.3. The largest absolute Gasteiger partial charge is 0.310 e. The molecule has 1 aromatic heterocycles. The number of carbonyl (C=O) groups excluding carboxylic acids is 1. The zero-order valence-electron chi connectivity index (χ0n) is 12.9. The summed E-state index contributed by atoms with van der Waals surface area (Å²) in [7, 11) is 0. The Hall–Kier alpha value is -2.94. The number of aromatic nitrogens is 1. The highest BCUT2D eigenvalue weighted by molar-refractivity contribution is 5.97. The molecule has 0 unspecified atom stereocenters. The summed E-state index contributed by atoms with van der Waals surface area (Å²) in [5.74, 6) is 0.122. The van der Waals surface area contributed by atoms with Crippen molar-refractivity contribution in [2.45, 2.75) is 12.8 Å². The van der Waals surface area contributed by atoms with Crippen LogP contribution in [0.2, 0.25) is 0 Å². The maximum absolute atomic E-state index is 12.8. The van der Waals surface area contributed by atoms with Crippen molar-refractivity contribution in [1.82, 2.24) is 4.98 Å². The molecule has 3 rings (SSSR count). The Morgan fingerprint density at radius 2 is 1.43 bits per heavy atom. The molecule has 3 aromatic rings. The first-order valence-electron chi connectivity index (χ1n) is 7.57. The third-order valence-electron chi connectivity index (χ3n) is 3.69. The van der Waals surface area contributed by atoms with Crippen LogP contribution in [0.4, 0.5) is 5.82 Å². The molecule has 1 N–H and O–H groups in total. The quantitative estimate of drug-likeness (QED) is 0.786. The lowest BCUT2D eigenvalue weighted by Crippen LogP contribution is -2.22. The third-order valence-corrected chi connectivity index (χ3v) is 3.69. The number of carbonyl (C=O) groups is 1. The van der Waals surface area contributed by atoms with Crippen molar-refractivity contribution in [2.24, 2.45) is 0 Å².